The Kier molecular flexibility index (Phi) is 6.46. The number of likely N-dealkylation sites (tertiary alicyclic amines) is 1. The van der Waals surface area contributed by atoms with E-state index in [0.717, 1.165) is 59.6 Å². The second-order valence-electron chi connectivity index (χ2n) is 8.95. The summed E-state index contributed by atoms with van der Waals surface area (Å²) in [6.45, 7) is 5.17. The highest BCUT2D eigenvalue weighted by atomic mass is 35.5. The van der Waals surface area contributed by atoms with Crippen LogP contribution < -0.4 is 9.64 Å². The van der Waals surface area contributed by atoms with Gasteiger partial charge in [-0.05, 0) is 74.4 Å². The van der Waals surface area contributed by atoms with E-state index in [-0.39, 0.29) is 6.10 Å². The van der Waals surface area contributed by atoms with Gasteiger partial charge in [0.2, 0.25) is 0 Å². The molecule has 0 atom stereocenters. The first-order valence-electron chi connectivity index (χ1n) is 11.9. The van der Waals surface area contributed by atoms with E-state index in [1.807, 2.05) is 18.3 Å². The zero-order valence-electron chi connectivity index (χ0n) is 19.5. The minimum absolute atomic E-state index is 0.256. The van der Waals surface area contributed by atoms with Crippen LogP contribution in [0.3, 0.4) is 0 Å². The summed E-state index contributed by atoms with van der Waals surface area (Å²) in [7, 11) is 0. The zero-order valence-corrected chi connectivity index (χ0v) is 21.9. The molecular weight excluding hydrogens is 494 g/mol. The average molecular weight is 520 g/mol. The number of hydrogen-bond acceptors (Lipinski definition) is 6. The lowest BCUT2D eigenvalue weighted by Crippen LogP contribution is -2.37. The minimum atomic E-state index is 0.256. The maximum absolute atomic E-state index is 6.38. The summed E-state index contributed by atoms with van der Waals surface area (Å²) in [5.41, 5.74) is 3.38. The molecule has 0 N–H and O–H groups in total. The van der Waals surface area contributed by atoms with E-state index in [2.05, 4.69) is 76.3 Å². The van der Waals surface area contributed by atoms with Crippen LogP contribution in [0.2, 0.25) is 5.02 Å². The number of anilines is 3. The van der Waals surface area contributed by atoms with Crippen molar-refractivity contribution in [2.75, 3.05) is 18.0 Å². The molecule has 1 saturated heterocycles. The quantitative estimate of drug-likeness (QED) is 0.234. The van der Waals surface area contributed by atoms with Gasteiger partial charge in [0, 0.05) is 51.2 Å². The standard InChI is InChI=1S/C28H26ClN3OS2/c1-19-30-17-24(34-19)18-31-14-12-23(13-15-31)33-22-9-7-21(8-10-22)32-25-4-2-3-5-27(25)35-28-11-6-20(29)16-26(28)32/h2-11,16-17,23H,12-15,18H2,1H3. The van der Waals surface area contributed by atoms with Crippen molar-refractivity contribution in [1.82, 2.24) is 9.88 Å². The Bertz CT molecular complexity index is 1330. The lowest BCUT2D eigenvalue weighted by Gasteiger charge is -2.33. The molecule has 0 bridgehead atoms. The van der Waals surface area contributed by atoms with Crippen molar-refractivity contribution in [3.05, 3.63) is 87.8 Å². The van der Waals surface area contributed by atoms with Crippen LogP contribution in [0.4, 0.5) is 17.1 Å². The fourth-order valence-electron chi connectivity index (χ4n) is 4.76. The summed E-state index contributed by atoms with van der Waals surface area (Å²) in [5, 5.41) is 1.88. The van der Waals surface area contributed by atoms with Crippen molar-refractivity contribution >= 4 is 51.8 Å². The molecule has 35 heavy (non-hydrogen) atoms. The number of thiazole rings is 1. The lowest BCUT2D eigenvalue weighted by molar-refractivity contribution is 0.0973. The van der Waals surface area contributed by atoms with Gasteiger partial charge in [-0.3, -0.25) is 4.90 Å². The maximum Gasteiger partial charge on any atom is 0.119 e. The molecule has 0 spiro atoms. The highest BCUT2D eigenvalue weighted by molar-refractivity contribution is 7.99. The summed E-state index contributed by atoms with van der Waals surface area (Å²) < 4.78 is 6.38. The van der Waals surface area contributed by atoms with Crippen LogP contribution in [0, 0.1) is 6.92 Å². The largest absolute Gasteiger partial charge is 0.490 e. The topological polar surface area (TPSA) is 28.6 Å². The Morgan fingerprint density at radius 1 is 0.971 bits per heavy atom. The fraction of sp³-hybridized carbons (Fsp3) is 0.250. The first-order chi connectivity index (χ1) is 17.1. The molecule has 3 heterocycles. The van der Waals surface area contributed by atoms with E-state index >= 15 is 0 Å². The highest BCUT2D eigenvalue weighted by Crippen LogP contribution is 2.51. The van der Waals surface area contributed by atoms with Gasteiger partial charge in [0.25, 0.3) is 0 Å². The summed E-state index contributed by atoms with van der Waals surface area (Å²) in [6.07, 6.45) is 4.35. The van der Waals surface area contributed by atoms with Gasteiger partial charge in [0.1, 0.15) is 11.9 Å². The van der Waals surface area contributed by atoms with Crippen molar-refractivity contribution in [2.45, 2.75) is 42.2 Å². The summed E-state index contributed by atoms with van der Waals surface area (Å²) >= 11 is 9.96. The molecule has 0 unspecified atom stereocenters. The van der Waals surface area contributed by atoms with Crippen LogP contribution in [0.1, 0.15) is 22.7 Å². The van der Waals surface area contributed by atoms with Crippen molar-refractivity contribution in [2.24, 2.45) is 0 Å². The van der Waals surface area contributed by atoms with Crippen molar-refractivity contribution < 1.29 is 4.74 Å². The number of hydrogen-bond donors (Lipinski definition) is 0. The zero-order chi connectivity index (χ0) is 23.8. The van der Waals surface area contributed by atoms with Crippen LogP contribution in [0.25, 0.3) is 0 Å². The van der Waals surface area contributed by atoms with Gasteiger partial charge in [-0.15, -0.1) is 11.3 Å². The SMILES string of the molecule is Cc1ncc(CN2CCC(Oc3ccc(N4c5ccccc5Sc5ccc(Cl)cc54)cc3)CC2)s1. The minimum Gasteiger partial charge on any atom is -0.490 e. The van der Waals surface area contributed by atoms with Gasteiger partial charge in [-0.2, -0.15) is 0 Å². The molecule has 0 saturated carbocycles. The molecule has 2 aliphatic rings. The van der Waals surface area contributed by atoms with Crippen molar-refractivity contribution in [3.63, 3.8) is 0 Å². The number of benzene rings is 3. The predicted octanol–water partition coefficient (Wildman–Crippen LogP) is 8.08. The summed E-state index contributed by atoms with van der Waals surface area (Å²) in [5.74, 6) is 0.927. The Morgan fingerprint density at radius 3 is 2.51 bits per heavy atom. The Labute approximate surface area is 219 Å². The van der Waals surface area contributed by atoms with E-state index in [1.54, 1.807) is 23.1 Å². The molecule has 1 aromatic heterocycles. The normalized spacial score (nSPS) is 16.1. The Hall–Kier alpha value is -2.51. The van der Waals surface area contributed by atoms with E-state index in [0.29, 0.717) is 0 Å². The first-order valence-corrected chi connectivity index (χ1v) is 13.9. The van der Waals surface area contributed by atoms with Crippen LogP contribution in [-0.4, -0.2) is 29.1 Å². The molecule has 2 aliphatic heterocycles. The fourth-order valence-corrected chi connectivity index (χ4v) is 6.80. The van der Waals surface area contributed by atoms with Gasteiger partial charge in [0.15, 0.2) is 0 Å². The average Bonchev–Trinajstić information content (AvgIpc) is 3.29. The van der Waals surface area contributed by atoms with Crippen molar-refractivity contribution in [1.29, 1.82) is 0 Å². The summed E-state index contributed by atoms with van der Waals surface area (Å²) in [6, 6.07) is 23.1. The summed E-state index contributed by atoms with van der Waals surface area (Å²) in [4.78, 5) is 13.0. The molecule has 4 nitrogen and oxygen atoms in total. The number of piperidine rings is 1. The number of ether oxygens (including phenoxy) is 1. The number of para-hydroxylation sites is 1. The molecule has 1 fully saturated rings. The first kappa shape index (κ1) is 22.9. The number of fused-ring (bicyclic) bond motifs is 2. The highest BCUT2D eigenvalue weighted by Gasteiger charge is 2.25. The second kappa shape index (κ2) is 9.86. The molecule has 7 heteroatoms. The van der Waals surface area contributed by atoms with Crippen LogP contribution in [0.5, 0.6) is 5.75 Å². The Morgan fingerprint density at radius 2 is 1.74 bits per heavy atom. The van der Waals surface area contributed by atoms with Gasteiger partial charge in [0.05, 0.1) is 16.4 Å². The molecule has 4 aromatic rings. The molecule has 178 valence electrons. The monoisotopic (exact) mass is 519 g/mol. The molecule has 0 amide bonds. The molecular formula is C28H26ClN3OS2. The number of halogens is 1. The van der Waals surface area contributed by atoms with Crippen LogP contribution in [-0.2, 0) is 6.54 Å². The van der Waals surface area contributed by atoms with Crippen molar-refractivity contribution in [3.8, 4) is 5.75 Å². The predicted molar refractivity (Wildman–Crippen MR) is 146 cm³/mol. The van der Waals surface area contributed by atoms with Gasteiger partial charge < -0.3 is 9.64 Å². The van der Waals surface area contributed by atoms with Crippen LogP contribution in [0.15, 0.2) is 82.7 Å². The molecule has 0 aliphatic carbocycles. The van der Waals surface area contributed by atoms with E-state index in [4.69, 9.17) is 16.3 Å². The Balaban J connectivity index is 1.15. The van der Waals surface area contributed by atoms with E-state index in [9.17, 15) is 0 Å². The van der Waals surface area contributed by atoms with Crippen LogP contribution >= 0.6 is 34.7 Å². The smallest absolute Gasteiger partial charge is 0.119 e. The van der Waals surface area contributed by atoms with E-state index in [1.165, 1.54) is 20.4 Å². The van der Waals surface area contributed by atoms with Gasteiger partial charge in [-0.1, -0.05) is 35.5 Å². The molecule has 6 rings (SSSR count). The third-order valence-corrected chi connectivity index (χ3v) is 8.73. The number of nitrogens with zero attached hydrogens (tertiary/aromatic N) is 3. The molecule has 3 aromatic carbocycles. The molecule has 0 radical (unpaired) electrons. The number of aryl methyl sites for hydroxylation is 1. The second-order valence-corrected chi connectivity index (χ2v) is 11.8. The maximum atomic E-state index is 6.38. The number of aromatic nitrogens is 1. The number of rotatable bonds is 5. The van der Waals surface area contributed by atoms with E-state index < -0.39 is 0 Å². The third kappa shape index (κ3) is 4.94. The van der Waals surface area contributed by atoms with Gasteiger partial charge in [-0.25, -0.2) is 4.98 Å². The van der Waals surface area contributed by atoms with Gasteiger partial charge >= 0.3 is 0 Å². The third-order valence-electron chi connectivity index (χ3n) is 6.47. The lowest BCUT2D eigenvalue weighted by atomic mass is 10.1.